The van der Waals surface area contributed by atoms with E-state index in [0.29, 0.717) is 0 Å². The smallest absolute Gasteiger partial charge is 0.271 e. The van der Waals surface area contributed by atoms with Crippen molar-refractivity contribution in [2.24, 2.45) is 0 Å². The fourth-order valence-corrected chi connectivity index (χ4v) is 9.18. The van der Waals surface area contributed by atoms with E-state index in [9.17, 15) is 0 Å². The minimum Gasteiger partial charge on any atom is -0.271 e. The number of hydrogen-bond donors (Lipinski definition) is 0. The van der Waals surface area contributed by atoms with Crippen molar-refractivity contribution in [3.05, 3.63) is 45.4 Å². The van der Waals surface area contributed by atoms with E-state index in [-0.39, 0.29) is 16.5 Å². The number of rotatable bonds is 4. The maximum atomic E-state index is 3.68. The third kappa shape index (κ3) is 5.76. The van der Waals surface area contributed by atoms with Gasteiger partial charge in [0, 0.05) is 0 Å². The van der Waals surface area contributed by atoms with E-state index in [2.05, 4.69) is 23.2 Å². The minimum atomic E-state index is 0. The molecule has 172 valence electrons. The maximum Gasteiger partial charge on any atom is 2.00 e. The van der Waals surface area contributed by atoms with Gasteiger partial charge in [-0.1, -0.05) is 88.9 Å². The van der Waals surface area contributed by atoms with Gasteiger partial charge in [0.15, 0.2) is 0 Å². The molecule has 0 spiro atoms. The fourth-order valence-electron chi connectivity index (χ4n) is 6.94. The minimum absolute atomic E-state index is 0. The van der Waals surface area contributed by atoms with Crippen LogP contribution in [0.2, 0.25) is 0 Å². The van der Waals surface area contributed by atoms with Gasteiger partial charge in [-0.25, -0.2) is 0 Å². The molecule has 2 heterocycles. The summed E-state index contributed by atoms with van der Waals surface area (Å²) in [6.45, 7) is 0. The monoisotopic (exact) mass is 496 g/mol. The SMILES string of the molecule is [Ni+2].[c-]1[pH]cc(C2CCCC2)c1C1CCCC1.[c-]1[pH]cc(C2CCCC2)c1C1CCCC1. The summed E-state index contributed by atoms with van der Waals surface area (Å²) in [5, 5.41) is 0. The van der Waals surface area contributed by atoms with Crippen LogP contribution in [0, 0.1) is 11.6 Å². The first-order valence-corrected chi connectivity index (χ1v) is 15.2. The summed E-state index contributed by atoms with van der Waals surface area (Å²) in [6.07, 6.45) is 23.2. The molecule has 6 rings (SSSR count). The van der Waals surface area contributed by atoms with Crippen molar-refractivity contribution in [1.29, 1.82) is 0 Å². The predicted octanol–water partition coefficient (Wildman–Crippen LogP) is 9.66. The average Bonchev–Trinajstić information content (AvgIpc) is 3.64. The molecule has 4 aliphatic rings. The Morgan fingerprint density at radius 1 is 0.484 bits per heavy atom. The molecule has 0 radical (unpaired) electrons. The van der Waals surface area contributed by atoms with Crippen LogP contribution in [0.5, 0.6) is 0 Å². The van der Waals surface area contributed by atoms with Crippen molar-refractivity contribution in [3.8, 4) is 0 Å². The zero-order chi connectivity index (χ0) is 20.2. The predicted molar refractivity (Wildman–Crippen MR) is 134 cm³/mol. The van der Waals surface area contributed by atoms with E-state index in [1.165, 1.54) is 103 Å². The Labute approximate surface area is 204 Å². The van der Waals surface area contributed by atoms with Gasteiger partial charge < -0.3 is 0 Å². The van der Waals surface area contributed by atoms with E-state index >= 15 is 0 Å². The van der Waals surface area contributed by atoms with Crippen LogP contribution < -0.4 is 0 Å². The second-order valence-corrected chi connectivity index (χ2v) is 12.1. The largest absolute Gasteiger partial charge is 2.00 e. The van der Waals surface area contributed by atoms with Gasteiger partial charge in [-0.05, 0) is 37.5 Å². The molecule has 3 heteroatoms. The van der Waals surface area contributed by atoms with Gasteiger partial charge in [-0.15, -0.1) is 0 Å². The molecule has 2 atom stereocenters. The molecule has 0 N–H and O–H groups in total. The Kier molecular flexibility index (Phi) is 9.33. The fraction of sp³-hybridized carbons (Fsp3) is 0.714. The molecule has 4 saturated carbocycles. The Hall–Kier alpha value is 0.0535. The van der Waals surface area contributed by atoms with Gasteiger partial charge in [-0.2, -0.15) is 45.4 Å². The average molecular weight is 497 g/mol. The Bertz CT molecular complexity index is 639. The van der Waals surface area contributed by atoms with Crippen LogP contribution >= 0.6 is 16.4 Å². The Morgan fingerprint density at radius 2 is 0.774 bits per heavy atom. The Balaban J connectivity index is 0.000000144. The second kappa shape index (κ2) is 12.0. The molecule has 4 fully saturated rings. The molecular formula is C28H40NiP2. The molecular weight excluding hydrogens is 457 g/mol. The van der Waals surface area contributed by atoms with Gasteiger partial charge >= 0.3 is 16.5 Å². The summed E-state index contributed by atoms with van der Waals surface area (Å²) in [4.78, 5) is 0. The molecule has 2 unspecified atom stereocenters. The van der Waals surface area contributed by atoms with Gasteiger partial charge in [-0.3, -0.25) is 16.4 Å². The van der Waals surface area contributed by atoms with Crippen LogP contribution in [0.25, 0.3) is 0 Å². The molecule has 0 nitrogen and oxygen atoms in total. The van der Waals surface area contributed by atoms with Crippen molar-refractivity contribution in [3.63, 3.8) is 0 Å². The van der Waals surface area contributed by atoms with E-state index in [4.69, 9.17) is 0 Å². The van der Waals surface area contributed by atoms with Crippen LogP contribution in [0.3, 0.4) is 0 Å². The van der Waals surface area contributed by atoms with Crippen molar-refractivity contribution in [1.82, 2.24) is 0 Å². The van der Waals surface area contributed by atoms with Crippen LogP contribution in [0.4, 0.5) is 0 Å². The summed E-state index contributed by atoms with van der Waals surface area (Å²) in [5.74, 6) is 16.0. The summed E-state index contributed by atoms with van der Waals surface area (Å²) in [5.41, 5.74) is 6.80. The first-order valence-electron chi connectivity index (χ1n) is 13.1. The van der Waals surface area contributed by atoms with Crippen LogP contribution in [0.1, 0.15) is 149 Å². The van der Waals surface area contributed by atoms with E-state index in [0.717, 1.165) is 40.1 Å². The van der Waals surface area contributed by atoms with Crippen LogP contribution in [-0.2, 0) is 16.5 Å². The molecule has 2 aromatic rings. The summed E-state index contributed by atoms with van der Waals surface area (Å²) in [6, 6.07) is 0. The standard InChI is InChI=1S/2C14H20P.Ni/c2*1-2-6-11(5-1)13-9-15-10-14(13)12-7-3-4-8-12;/h2*9,11-12,15H,1-8H2;/q2*-1;+2. The van der Waals surface area contributed by atoms with E-state index in [1.807, 2.05) is 0 Å². The maximum absolute atomic E-state index is 3.68. The molecule has 4 aliphatic carbocycles. The van der Waals surface area contributed by atoms with Gasteiger partial charge in [0.1, 0.15) is 0 Å². The van der Waals surface area contributed by atoms with Gasteiger partial charge in [0.25, 0.3) is 0 Å². The molecule has 0 bridgehead atoms. The zero-order valence-electron chi connectivity index (χ0n) is 19.1. The normalized spacial score (nSPS) is 23.7. The van der Waals surface area contributed by atoms with Crippen LogP contribution in [-0.4, -0.2) is 0 Å². The number of hydrogen-bond acceptors (Lipinski definition) is 0. The Morgan fingerprint density at radius 3 is 1.10 bits per heavy atom. The van der Waals surface area contributed by atoms with Crippen molar-refractivity contribution in [2.45, 2.75) is 126 Å². The first-order chi connectivity index (χ1) is 14.9. The van der Waals surface area contributed by atoms with Crippen molar-refractivity contribution >= 4 is 16.4 Å². The zero-order valence-corrected chi connectivity index (χ0v) is 22.1. The topological polar surface area (TPSA) is 0 Å². The third-order valence-electron chi connectivity index (χ3n) is 8.61. The third-order valence-corrected chi connectivity index (χ3v) is 10.3. The van der Waals surface area contributed by atoms with Gasteiger partial charge in [0.2, 0.25) is 0 Å². The van der Waals surface area contributed by atoms with Crippen LogP contribution in [0.15, 0.2) is 11.6 Å². The summed E-state index contributed by atoms with van der Waals surface area (Å²) in [7, 11) is 1.75. The molecule has 31 heavy (non-hydrogen) atoms. The first kappa shape index (κ1) is 24.2. The molecule has 0 amide bonds. The molecule has 0 aliphatic heterocycles. The van der Waals surface area contributed by atoms with Crippen molar-refractivity contribution in [2.75, 3.05) is 0 Å². The summed E-state index contributed by atoms with van der Waals surface area (Å²) < 4.78 is 0. The van der Waals surface area contributed by atoms with E-state index in [1.54, 1.807) is 22.3 Å². The second-order valence-electron chi connectivity index (χ2n) is 10.5. The molecule has 0 saturated heterocycles. The molecule has 0 aromatic carbocycles. The molecule has 2 aromatic heterocycles. The van der Waals surface area contributed by atoms with Crippen molar-refractivity contribution < 1.29 is 16.5 Å². The summed E-state index contributed by atoms with van der Waals surface area (Å²) >= 11 is 0. The van der Waals surface area contributed by atoms with E-state index < -0.39 is 0 Å². The van der Waals surface area contributed by atoms with Gasteiger partial charge in [0.05, 0.1) is 0 Å². The quantitative estimate of drug-likeness (QED) is 0.292.